The zero-order valence-electron chi connectivity index (χ0n) is 17.5. The third-order valence-corrected chi connectivity index (χ3v) is 7.27. The molecule has 156 valence electrons. The van der Waals surface area contributed by atoms with Gasteiger partial charge in [0.2, 0.25) is 0 Å². The average Bonchev–Trinajstić information content (AvgIpc) is 3.12. The molecule has 3 aliphatic rings. The van der Waals surface area contributed by atoms with E-state index in [4.69, 9.17) is 4.74 Å². The molecule has 28 heavy (non-hydrogen) atoms. The summed E-state index contributed by atoms with van der Waals surface area (Å²) in [6.07, 6.45) is 10.2. The molecule has 5 heteroatoms. The van der Waals surface area contributed by atoms with E-state index < -0.39 is 0 Å². The molecule has 3 atom stereocenters. The van der Waals surface area contributed by atoms with Gasteiger partial charge >= 0.3 is 6.09 Å². The van der Waals surface area contributed by atoms with Crippen LogP contribution in [-0.4, -0.2) is 48.6 Å². The Kier molecular flexibility index (Phi) is 6.93. The van der Waals surface area contributed by atoms with Crippen LogP contribution < -0.4 is 4.74 Å². The molecule has 0 spiro atoms. The highest BCUT2D eigenvalue weighted by Crippen LogP contribution is 2.46. The second-order valence-corrected chi connectivity index (χ2v) is 8.96. The minimum atomic E-state index is -0.288. The van der Waals surface area contributed by atoms with Gasteiger partial charge in [0.1, 0.15) is 5.75 Å². The van der Waals surface area contributed by atoms with Gasteiger partial charge in [0.25, 0.3) is 0 Å². The summed E-state index contributed by atoms with van der Waals surface area (Å²) in [5.41, 5.74) is 2.69. The zero-order chi connectivity index (χ0) is 19.0. The minimum Gasteiger partial charge on any atom is -0.410 e. The fourth-order valence-corrected chi connectivity index (χ4v) is 5.77. The first-order valence-electron chi connectivity index (χ1n) is 10.8. The second-order valence-electron chi connectivity index (χ2n) is 8.96. The number of carbonyl (C=O) groups excluding carboxylic acids is 1. The number of hydrogen-bond donors (Lipinski definition) is 0. The van der Waals surface area contributed by atoms with Crippen LogP contribution in [0.4, 0.5) is 4.79 Å². The predicted octanol–water partition coefficient (Wildman–Crippen LogP) is 5.24. The molecule has 1 aliphatic heterocycles. The van der Waals surface area contributed by atoms with Crippen LogP contribution in [0.15, 0.2) is 18.2 Å². The molecule has 0 radical (unpaired) electrons. The smallest absolute Gasteiger partial charge is 0.410 e. The van der Waals surface area contributed by atoms with Crippen LogP contribution in [0.2, 0.25) is 0 Å². The van der Waals surface area contributed by atoms with E-state index in [0.717, 1.165) is 18.1 Å². The second kappa shape index (κ2) is 9.04. The van der Waals surface area contributed by atoms with Gasteiger partial charge in [0.05, 0.1) is 0 Å². The number of amides is 1. The first-order chi connectivity index (χ1) is 13.1. The first-order valence-corrected chi connectivity index (χ1v) is 10.8. The van der Waals surface area contributed by atoms with E-state index >= 15 is 0 Å². The Bertz CT molecular complexity index is 687. The fraction of sp³-hybridized carbons (Fsp3) is 0.696. The Labute approximate surface area is 176 Å². The Morgan fingerprint density at radius 3 is 2.61 bits per heavy atom. The average molecular weight is 407 g/mol. The molecular formula is C23H35ClN2O2. The molecule has 1 unspecified atom stereocenters. The summed E-state index contributed by atoms with van der Waals surface area (Å²) < 4.78 is 5.67. The lowest BCUT2D eigenvalue weighted by atomic mass is 9.78. The van der Waals surface area contributed by atoms with E-state index in [2.05, 4.69) is 24.0 Å². The van der Waals surface area contributed by atoms with Gasteiger partial charge < -0.3 is 9.64 Å². The molecule has 2 aliphatic carbocycles. The van der Waals surface area contributed by atoms with Crippen LogP contribution >= 0.6 is 12.4 Å². The maximum atomic E-state index is 12.0. The van der Waals surface area contributed by atoms with Gasteiger partial charge in [0, 0.05) is 32.1 Å². The quantitative estimate of drug-likeness (QED) is 0.687. The molecule has 0 aromatic heterocycles. The molecule has 4 nitrogen and oxygen atoms in total. The van der Waals surface area contributed by atoms with Crippen LogP contribution in [0.3, 0.4) is 0 Å². The van der Waals surface area contributed by atoms with Gasteiger partial charge in [-0.3, -0.25) is 4.90 Å². The van der Waals surface area contributed by atoms with Crippen LogP contribution in [0.5, 0.6) is 5.75 Å². The Morgan fingerprint density at radius 1 is 1.14 bits per heavy atom. The summed E-state index contributed by atoms with van der Waals surface area (Å²) in [4.78, 5) is 16.4. The van der Waals surface area contributed by atoms with Crippen molar-refractivity contribution < 1.29 is 9.53 Å². The summed E-state index contributed by atoms with van der Waals surface area (Å²) in [6.45, 7) is 3.69. The van der Waals surface area contributed by atoms with E-state index in [-0.39, 0.29) is 18.5 Å². The molecule has 1 saturated heterocycles. The van der Waals surface area contributed by atoms with Crippen molar-refractivity contribution in [3.8, 4) is 5.75 Å². The van der Waals surface area contributed by atoms with E-state index in [9.17, 15) is 4.79 Å². The van der Waals surface area contributed by atoms with Gasteiger partial charge in [-0.15, -0.1) is 12.4 Å². The first kappa shape index (κ1) is 21.4. The van der Waals surface area contributed by atoms with E-state index in [1.54, 1.807) is 14.1 Å². The van der Waals surface area contributed by atoms with Crippen molar-refractivity contribution in [1.82, 2.24) is 9.80 Å². The lowest BCUT2D eigenvalue weighted by Gasteiger charge is -2.41. The molecule has 0 bridgehead atoms. The molecule has 4 rings (SSSR count). The van der Waals surface area contributed by atoms with Crippen molar-refractivity contribution >= 4 is 18.5 Å². The Hall–Kier alpha value is -1.26. The largest absolute Gasteiger partial charge is 0.414 e. The van der Waals surface area contributed by atoms with E-state index in [1.807, 2.05) is 6.07 Å². The van der Waals surface area contributed by atoms with Gasteiger partial charge in [-0.25, -0.2) is 4.79 Å². The molecule has 1 amide bonds. The maximum absolute atomic E-state index is 12.0. The molecular weight excluding hydrogens is 372 g/mol. The number of benzene rings is 1. The van der Waals surface area contributed by atoms with Crippen LogP contribution in [0.25, 0.3) is 0 Å². The number of rotatable bonds is 3. The van der Waals surface area contributed by atoms with Gasteiger partial charge in [-0.05, 0) is 68.7 Å². The highest BCUT2D eigenvalue weighted by atomic mass is 35.5. The third-order valence-electron chi connectivity index (χ3n) is 7.27. The lowest BCUT2D eigenvalue weighted by molar-refractivity contribution is 0.106. The number of carbonyl (C=O) groups is 1. The normalized spacial score (nSPS) is 26.0. The lowest BCUT2D eigenvalue weighted by Crippen LogP contribution is -2.44. The molecule has 1 aromatic rings. The molecule has 1 saturated carbocycles. The highest BCUT2D eigenvalue weighted by molar-refractivity contribution is 5.85. The van der Waals surface area contributed by atoms with Crippen molar-refractivity contribution in [1.29, 1.82) is 0 Å². The van der Waals surface area contributed by atoms with Gasteiger partial charge in [-0.2, -0.15) is 0 Å². The maximum Gasteiger partial charge on any atom is 0.414 e. The Balaban J connectivity index is 0.00000225. The number of fused-ring (bicyclic) bond motifs is 3. The zero-order valence-corrected chi connectivity index (χ0v) is 18.3. The third kappa shape index (κ3) is 4.04. The van der Waals surface area contributed by atoms with Crippen molar-refractivity contribution in [2.45, 2.75) is 76.3 Å². The fourth-order valence-electron chi connectivity index (χ4n) is 5.77. The van der Waals surface area contributed by atoms with Crippen molar-refractivity contribution in [3.63, 3.8) is 0 Å². The molecule has 0 N–H and O–H groups in total. The summed E-state index contributed by atoms with van der Waals surface area (Å²) in [5, 5.41) is 0. The van der Waals surface area contributed by atoms with Gasteiger partial charge in [0.15, 0.2) is 0 Å². The number of halogens is 1. The minimum absolute atomic E-state index is 0. The summed E-state index contributed by atoms with van der Waals surface area (Å²) in [6, 6.07) is 7.66. The summed E-state index contributed by atoms with van der Waals surface area (Å²) in [5.74, 6) is 2.24. The molecule has 1 heterocycles. The van der Waals surface area contributed by atoms with E-state index in [0.29, 0.717) is 18.0 Å². The number of likely N-dealkylation sites (tertiary alicyclic amines) is 1. The number of ether oxygens (including phenoxy) is 1. The number of nitrogens with zero attached hydrogens (tertiary/aromatic N) is 2. The summed E-state index contributed by atoms with van der Waals surface area (Å²) in [7, 11) is 3.46. The Morgan fingerprint density at radius 2 is 1.89 bits per heavy atom. The van der Waals surface area contributed by atoms with Crippen molar-refractivity contribution in [3.05, 3.63) is 29.3 Å². The predicted molar refractivity (Wildman–Crippen MR) is 116 cm³/mol. The summed E-state index contributed by atoms with van der Waals surface area (Å²) >= 11 is 0. The van der Waals surface area contributed by atoms with E-state index in [1.165, 1.54) is 67.5 Å². The van der Waals surface area contributed by atoms with Crippen LogP contribution in [0, 0.1) is 5.92 Å². The molecule has 1 aromatic carbocycles. The van der Waals surface area contributed by atoms with Crippen LogP contribution in [0.1, 0.15) is 68.9 Å². The van der Waals surface area contributed by atoms with Crippen molar-refractivity contribution in [2.24, 2.45) is 5.92 Å². The van der Waals surface area contributed by atoms with Crippen LogP contribution in [-0.2, 0) is 6.42 Å². The molecule has 2 fully saturated rings. The topological polar surface area (TPSA) is 32.8 Å². The van der Waals surface area contributed by atoms with Gasteiger partial charge in [-0.1, -0.05) is 31.4 Å². The standard InChI is InChI=1S/C23H34N2O2.ClH/c1-16(17-8-5-4-6-9-17)25-15-14-19-18-10-7-11-22(27-23(26)24(2)3)20(18)12-13-21(19)25;/h7,10-11,16-17,19,21H,4-6,8-9,12-15H2,1-3H3;1H/t16?,19-,21+;/m0./s1. The van der Waals surface area contributed by atoms with Crippen molar-refractivity contribution in [2.75, 3.05) is 20.6 Å². The number of hydrogen-bond acceptors (Lipinski definition) is 3. The highest BCUT2D eigenvalue weighted by Gasteiger charge is 2.42. The monoisotopic (exact) mass is 406 g/mol. The SMILES string of the molecule is CC(C1CCCCC1)N1CC[C@H]2c3cccc(OC(=O)N(C)C)c3CC[C@H]21.Cl.